The Labute approximate surface area is 157 Å². The minimum Gasteiger partial charge on any atom is -0.497 e. The number of carbonyl (C=O) groups is 1. The van der Waals surface area contributed by atoms with Crippen LogP contribution in [0.25, 0.3) is 21.9 Å². The number of ether oxygens (including phenoxy) is 2. The highest BCUT2D eigenvalue weighted by atomic mass is 16.5. The number of hydrogen-bond donors (Lipinski definition) is 0. The lowest BCUT2D eigenvalue weighted by molar-refractivity contribution is 0.0438. The fraction of sp³-hybridized carbons (Fsp3) is 0.0952. The third-order valence-corrected chi connectivity index (χ3v) is 4.23. The van der Waals surface area contributed by atoms with Gasteiger partial charge in [0.1, 0.15) is 23.5 Å². The summed E-state index contributed by atoms with van der Waals surface area (Å²) in [6.07, 6.45) is 0. The molecule has 0 amide bonds. The van der Waals surface area contributed by atoms with Crippen molar-refractivity contribution in [3.05, 3.63) is 86.6 Å². The Bertz CT molecular complexity index is 1310. The minimum absolute atomic E-state index is 0.191. The van der Waals surface area contributed by atoms with E-state index >= 15 is 0 Å². The summed E-state index contributed by atoms with van der Waals surface area (Å²) in [6.45, 7) is -0.191. The van der Waals surface area contributed by atoms with Crippen molar-refractivity contribution in [3.63, 3.8) is 0 Å². The first-order valence-electron chi connectivity index (χ1n) is 8.36. The topological polar surface area (TPSA) is 96.0 Å². The lowest BCUT2D eigenvalue weighted by atomic mass is 10.1. The number of hydrogen-bond acceptors (Lipinski definition) is 7. The van der Waals surface area contributed by atoms with E-state index in [9.17, 15) is 14.4 Å². The van der Waals surface area contributed by atoms with E-state index in [4.69, 9.17) is 18.3 Å². The maximum atomic E-state index is 12.4. The van der Waals surface area contributed by atoms with Crippen LogP contribution in [0, 0.1) is 0 Å². The van der Waals surface area contributed by atoms with E-state index in [0.717, 1.165) is 6.07 Å². The number of fused-ring (bicyclic) bond motifs is 2. The molecule has 0 aliphatic rings. The van der Waals surface area contributed by atoms with Gasteiger partial charge in [-0.3, -0.25) is 4.79 Å². The van der Waals surface area contributed by atoms with Gasteiger partial charge in [-0.1, -0.05) is 12.1 Å². The second kappa shape index (κ2) is 7.03. The molecule has 0 unspecified atom stereocenters. The van der Waals surface area contributed by atoms with Crippen molar-refractivity contribution >= 4 is 27.9 Å². The summed E-state index contributed by atoms with van der Waals surface area (Å²) in [5.41, 5.74) is 0.149. The number of benzene rings is 2. The van der Waals surface area contributed by atoms with E-state index in [0.29, 0.717) is 33.3 Å². The van der Waals surface area contributed by atoms with Gasteiger partial charge < -0.3 is 18.3 Å². The van der Waals surface area contributed by atoms with E-state index in [1.807, 2.05) is 0 Å². The van der Waals surface area contributed by atoms with Gasteiger partial charge in [0.15, 0.2) is 5.43 Å². The van der Waals surface area contributed by atoms with Crippen LogP contribution in [-0.2, 0) is 11.3 Å². The fourth-order valence-electron chi connectivity index (χ4n) is 2.88. The monoisotopic (exact) mass is 378 g/mol. The second-order valence-corrected chi connectivity index (χ2v) is 6.00. The van der Waals surface area contributed by atoms with E-state index in [-0.39, 0.29) is 17.8 Å². The molecule has 4 aromatic rings. The molecule has 0 fully saturated rings. The van der Waals surface area contributed by atoms with Crippen molar-refractivity contribution in [2.75, 3.05) is 7.11 Å². The quantitative estimate of drug-likeness (QED) is 0.397. The highest BCUT2D eigenvalue weighted by Gasteiger charge is 2.15. The highest BCUT2D eigenvalue weighted by molar-refractivity contribution is 5.89. The average Bonchev–Trinajstić information content (AvgIpc) is 2.71. The molecule has 0 bridgehead atoms. The third-order valence-electron chi connectivity index (χ3n) is 4.23. The van der Waals surface area contributed by atoms with Crippen LogP contribution in [0.5, 0.6) is 5.75 Å². The van der Waals surface area contributed by atoms with Gasteiger partial charge in [-0.2, -0.15) is 0 Å². The van der Waals surface area contributed by atoms with E-state index < -0.39 is 11.6 Å². The van der Waals surface area contributed by atoms with Crippen molar-refractivity contribution in [1.82, 2.24) is 0 Å². The summed E-state index contributed by atoms with van der Waals surface area (Å²) in [4.78, 5) is 36.3. The fourth-order valence-corrected chi connectivity index (χ4v) is 2.88. The average molecular weight is 378 g/mol. The molecule has 7 heteroatoms. The number of rotatable bonds is 4. The van der Waals surface area contributed by atoms with Crippen LogP contribution in [-0.4, -0.2) is 13.1 Å². The Morgan fingerprint density at radius 3 is 2.57 bits per heavy atom. The van der Waals surface area contributed by atoms with Crippen molar-refractivity contribution in [2.45, 2.75) is 6.61 Å². The predicted octanol–water partition coefficient (Wildman–Crippen LogP) is 3.27. The number of esters is 1. The molecule has 0 saturated carbocycles. The van der Waals surface area contributed by atoms with Crippen LogP contribution in [0.1, 0.15) is 16.1 Å². The van der Waals surface area contributed by atoms with Crippen LogP contribution in [0.2, 0.25) is 0 Å². The molecule has 2 heterocycles. The Balaban J connectivity index is 1.63. The summed E-state index contributed by atoms with van der Waals surface area (Å²) in [5.74, 6) is -0.488. The number of para-hydroxylation sites is 1. The lowest BCUT2D eigenvalue weighted by Crippen LogP contribution is -2.11. The molecule has 0 aliphatic heterocycles. The Morgan fingerprint density at radius 1 is 0.929 bits per heavy atom. The SMILES string of the molecule is COc1ccc2c(COC(=O)c3cc(=O)c4ccccc4o3)cc(=O)oc2c1. The molecule has 0 aliphatic carbocycles. The first kappa shape index (κ1) is 17.5. The van der Waals surface area contributed by atoms with Crippen molar-refractivity contribution in [1.29, 1.82) is 0 Å². The van der Waals surface area contributed by atoms with Crippen LogP contribution in [0.4, 0.5) is 0 Å². The third kappa shape index (κ3) is 3.25. The first-order chi connectivity index (χ1) is 13.5. The second-order valence-electron chi connectivity index (χ2n) is 6.00. The molecule has 0 atom stereocenters. The summed E-state index contributed by atoms with van der Waals surface area (Å²) in [5, 5.41) is 0.979. The summed E-state index contributed by atoms with van der Waals surface area (Å²) in [7, 11) is 1.50. The van der Waals surface area contributed by atoms with Gasteiger partial charge in [-0.15, -0.1) is 0 Å². The Hall–Kier alpha value is -3.87. The summed E-state index contributed by atoms with van der Waals surface area (Å²) >= 11 is 0. The largest absolute Gasteiger partial charge is 0.497 e. The lowest BCUT2D eigenvalue weighted by Gasteiger charge is -2.08. The summed E-state index contributed by atoms with van der Waals surface area (Å²) < 4.78 is 21.0. The normalized spacial score (nSPS) is 10.9. The van der Waals surface area contributed by atoms with E-state index in [2.05, 4.69) is 0 Å². The minimum atomic E-state index is -0.808. The van der Waals surface area contributed by atoms with Crippen LogP contribution in [0.3, 0.4) is 0 Å². The van der Waals surface area contributed by atoms with Gasteiger partial charge in [-0.25, -0.2) is 9.59 Å². The van der Waals surface area contributed by atoms with Crippen molar-refractivity contribution in [2.24, 2.45) is 0 Å². The van der Waals surface area contributed by atoms with Gasteiger partial charge in [-0.05, 0) is 24.3 Å². The molecular weight excluding hydrogens is 364 g/mol. The zero-order valence-corrected chi connectivity index (χ0v) is 14.8. The highest BCUT2D eigenvalue weighted by Crippen LogP contribution is 2.23. The number of carbonyl (C=O) groups excluding carboxylic acids is 1. The van der Waals surface area contributed by atoms with E-state index in [1.54, 1.807) is 42.5 Å². The molecular formula is C21H14O7. The molecule has 0 spiro atoms. The van der Waals surface area contributed by atoms with Crippen LogP contribution < -0.4 is 15.8 Å². The molecule has 0 saturated heterocycles. The van der Waals surface area contributed by atoms with Gasteiger partial charge >= 0.3 is 11.6 Å². The Morgan fingerprint density at radius 2 is 1.75 bits per heavy atom. The van der Waals surface area contributed by atoms with Crippen molar-refractivity contribution < 1.29 is 23.1 Å². The smallest absolute Gasteiger partial charge is 0.374 e. The molecule has 28 heavy (non-hydrogen) atoms. The molecule has 0 radical (unpaired) electrons. The zero-order chi connectivity index (χ0) is 19.7. The van der Waals surface area contributed by atoms with Gasteiger partial charge in [0.05, 0.1) is 12.5 Å². The van der Waals surface area contributed by atoms with Gasteiger partial charge in [0.25, 0.3) is 0 Å². The molecule has 0 N–H and O–H groups in total. The number of methoxy groups -OCH3 is 1. The zero-order valence-electron chi connectivity index (χ0n) is 14.8. The molecule has 2 aromatic carbocycles. The molecule has 2 aromatic heterocycles. The maximum absolute atomic E-state index is 12.4. The van der Waals surface area contributed by atoms with Gasteiger partial charge in [0, 0.05) is 29.1 Å². The predicted molar refractivity (Wildman–Crippen MR) is 101 cm³/mol. The molecule has 7 nitrogen and oxygen atoms in total. The first-order valence-corrected chi connectivity index (χ1v) is 8.36. The van der Waals surface area contributed by atoms with Crippen LogP contribution >= 0.6 is 0 Å². The van der Waals surface area contributed by atoms with Crippen molar-refractivity contribution in [3.8, 4) is 5.75 Å². The van der Waals surface area contributed by atoms with Crippen LogP contribution in [0.15, 0.2) is 73.0 Å². The van der Waals surface area contributed by atoms with Gasteiger partial charge in [0.2, 0.25) is 5.76 Å². The maximum Gasteiger partial charge on any atom is 0.374 e. The molecule has 140 valence electrons. The van der Waals surface area contributed by atoms with E-state index in [1.165, 1.54) is 13.2 Å². The Kier molecular flexibility index (Phi) is 4.41. The standard InChI is InChI=1S/C21H14O7/c1-25-13-6-7-14-12(8-20(23)28-18(14)9-13)11-26-21(24)19-10-16(22)15-4-2-3-5-17(15)27-19/h2-10H,11H2,1H3. The summed E-state index contributed by atoms with van der Waals surface area (Å²) in [6, 6.07) is 13.9. The molecule has 4 rings (SSSR count).